The molecule has 1 atom stereocenters. The molecule has 0 heterocycles. The van der Waals surface area contributed by atoms with Crippen molar-refractivity contribution >= 4 is 10.8 Å². The van der Waals surface area contributed by atoms with Crippen molar-refractivity contribution in [1.82, 2.24) is 5.32 Å². The van der Waals surface area contributed by atoms with Gasteiger partial charge in [-0.25, -0.2) is 0 Å². The molecular formula is C21H23NO. The normalized spacial score (nSPS) is 12.3. The second-order valence-corrected chi connectivity index (χ2v) is 5.99. The molecule has 0 saturated carbocycles. The lowest BCUT2D eigenvalue weighted by Gasteiger charge is -2.14. The van der Waals surface area contributed by atoms with Gasteiger partial charge < -0.3 is 10.1 Å². The summed E-state index contributed by atoms with van der Waals surface area (Å²) in [5, 5.41) is 6.03. The van der Waals surface area contributed by atoms with Gasteiger partial charge in [0.1, 0.15) is 5.75 Å². The van der Waals surface area contributed by atoms with E-state index in [9.17, 15) is 0 Å². The van der Waals surface area contributed by atoms with Crippen molar-refractivity contribution < 1.29 is 4.74 Å². The maximum atomic E-state index is 5.29. The van der Waals surface area contributed by atoms with Crippen LogP contribution in [0.3, 0.4) is 0 Å². The van der Waals surface area contributed by atoms with E-state index >= 15 is 0 Å². The van der Waals surface area contributed by atoms with Crippen molar-refractivity contribution in [2.45, 2.75) is 19.4 Å². The van der Waals surface area contributed by atoms with Crippen LogP contribution in [0.1, 0.15) is 24.0 Å². The van der Waals surface area contributed by atoms with Gasteiger partial charge in [-0.2, -0.15) is 0 Å². The second-order valence-electron chi connectivity index (χ2n) is 5.99. The Hall–Kier alpha value is -2.32. The first-order chi connectivity index (χ1) is 11.3. The molecule has 1 unspecified atom stereocenters. The lowest BCUT2D eigenvalue weighted by Crippen LogP contribution is -2.19. The highest BCUT2D eigenvalue weighted by Gasteiger charge is 2.06. The van der Waals surface area contributed by atoms with Crippen molar-refractivity contribution in [3.63, 3.8) is 0 Å². The third kappa shape index (κ3) is 3.91. The highest BCUT2D eigenvalue weighted by Crippen LogP contribution is 2.24. The molecule has 118 valence electrons. The molecule has 1 N–H and O–H groups in total. The van der Waals surface area contributed by atoms with Crippen LogP contribution in [0.4, 0.5) is 0 Å². The first-order valence-corrected chi connectivity index (χ1v) is 8.08. The van der Waals surface area contributed by atoms with Gasteiger partial charge in [-0.1, -0.05) is 61.5 Å². The fourth-order valence-electron chi connectivity index (χ4n) is 2.82. The number of hydrogen-bond donors (Lipinski definition) is 1. The number of ether oxygens (including phenoxy) is 1. The van der Waals surface area contributed by atoms with E-state index in [4.69, 9.17) is 4.74 Å². The SMILES string of the molecule is COc1ccc2cc(C(C)CNCc3ccccc3)ccc2c1. The van der Waals surface area contributed by atoms with Gasteiger partial charge in [0.2, 0.25) is 0 Å². The highest BCUT2D eigenvalue weighted by atomic mass is 16.5. The Bertz CT molecular complexity index is 767. The number of methoxy groups -OCH3 is 1. The second kappa shape index (κ2) is 7.30. The van der Waals surface area contributed by atoms with Gasteiger partial charge in [0.05, 0.1) is 7.11 Å². The summed E-state index contributed by atoms with van der Waals surface area (Å²) in [7, 11) is 1.70. The summed E-state index contributed by atoms with van der Waals surface area (Å²) in [6, 6.07) is 23.4. The summed E-state index contributed by atoms with van der Waals surface area (Å²) in [6.45, 7) is 4.15. The molecule has 0 aromatic heterocycles. The Labute approximate surface area is 138 Å². The van der Waals surface area contributed by atoms with Crippen molar-refractivity contribution in [1.29, 1.82) is 0 Å². The summed E-state index contributed by atoms with van der Waals surface area (Å²) in [4.78, 5) is 0. The smallest absolute Gasteiger partial charge is 0.119 e. The average molecular weight is 305 g/mol. The van der Waals surface area contributed by atoms with Gasteiger partial charge >= 0.3 is 0 Å². The van der Waals surface area contributed by atoms with Gasteiger partial charge in [-0.3, -0.25) is 0 Å². The molecule has 3 aromatic rings. The maximum Gasteiger partial charge on any atom is 0.119 e. The van der Waals surface area contributed by atoms with Crippen LogP contribution in [0.25, 0.3) is 10.8 Å². The Balaban J connectivity index is 1.65. The van der Waals surface area contributed by atoms with Crippen LogP contribution in [0.15, 0.2) is 66.7 Å². The number of benzene rings is 3. The van der Waals surface area contributed by atoms with Gasteiger partial charge in [0, 0.05) is 13.1 Å². The van der Waals surface area contributed by atoms with Crippen molar-refractivity contribution in [2.75, 3.05) is 13.7 Å². The fraction of sp³-hybridized carbons (Fsp3) is 0.238. The monoisotopic (exact) mass is 305 g/mol. The van der Waals surface area contributed by atoms with Gasteiger partial charge in [0.25, 0.3) is 0 Å². The van der Waals surface area contributed by atoms with Crippen LogP contribution in [-0.2, 0) is 6.54 Å². The van der Waals surface area contributed by atoms with Crippen molar-refractivity contribution in [3.8, 4) is 5.75 Å². The molecule has 3 aromatic carbocycles. The molecule has 0 bridgehead atoms. The lowest BCUT2D eigenvalue weighted by molar-refractivity contribution is 0.415. The first kappa shape index (κ1) is 15.6. The van der Waals surface area contributed by atoms with Crippen LogP contribution < -0.4 is 10.1 Å². The molecule has 0 radical (unpaired) electrons. The van der Waals surface area contributed by atoms with E-state index in [-0.39, 0.29) is 0 Å². The van der Waals surface area contributed by atoms with Gasteiger partial charge in [-0.15, -0.1) is 0 Å². The topological polar surface area (TPSA) is 21.3 Å². The van der Waals surface area contributed by atoms with E-state index in [0.29, 0.717) is 5.92 Å². The minimum Gasteiger partial charge on any atom is -0.497 e. The molecule has 0 aliphatic heterocycles. The predicted octanol–water partition coefficient (Wildman–Crippen LogP) is 4.74. The number of nitrogens with one attached hydrogen (secondary N) is 1. The quantitative estimate of drug-likeness (QED) is 0.710. The van der Waals surface area contributed by atoms with Gasteiger partial charge in [-0.05, 0) is 39.9 Å². The Morgan fingerprint density at radius 1 is 0.913 bits per heavy atom. The third-order valence-electron chi connectivity index (χ3n) is 4.26. The Kier molecular flexibility index (Phi) is 4.94. The van der Waals surface area contributed by atoms with E-state index in [1.165, 1.54) is 21.9 Å². The molecule has 3 rings (SSSR count). The Morgan fingerprint density at radius 2 is 1.65 bits per heavy atom. The summed E-state index contributed by atoms with van der Waals surface area (Å²) in [5.74, 6) is 1.38. The van der Waals surface area contributed by atoms with Crippen LogP contribution in [0.2, 0.25) is 0 Å². The van der Waals surface area contributed by atoms with Gasteiger partial charge in [0.15, 0.2) is 0 Å². The predicted molar refractivity (Wildman–Crippen MR) is 97.1 cm³/mol. The van der Waals surface area contributed by atoms with Crippen LogP contribution in [-0.4, -0.2) is 13.7 Å². The van der Waals surface area contributed by atoms with E-state index in [1.807, 2.05) is 6.07 Å². The molecule has 0 fully saturated rings. The molecule has 0 aliphatic carbocycles. The maximum absolute atomic E-state index is 5.29. The molecule has 0 spiro atoms. The summed E-state index contributed by atoms with van der Waals surface area (Å²) in [6.07, 6.45) is 0. The van der Waals surface area contributed by atoms with E-state index in [1.54, 1.807) is 7.11 Å². The zero-order chi connectivity index (χ0) is 16.1. The number of hydrogen-bond acceptors (Lipinski definition) is 2. The molecule has 0 amide bonds. The van der Waals surface area contributed by atoms with E-state index in [0.717, 1.165) is 18.8 Å². The zero-order valence-corrected chi connectivity index (χ0v) is 13.8. The molecule has 0 aliphatic rings. The standard InChI is InChI=1S/C21H23NO/c1-16(14-22-15-17-6-4-3-5-7-17)18-8-9-20-13-21(23-2)11-10-19(20)12-18/h3-13,16,22H,14-15H2,1-2H3. The average Bonchev–Trinajstić information content (AvgIpc) is 2.61. The fourth-order valence-corrected chi connectivity index (χ4v) is 2.82. The van der Waals surface area contributed by atoms with Crippen molar-refractivity contribution in [2.24, 2.45) is 0 Å². The van der Waals surface area contributed by atoms with Crippen LogP contribution in [0, 0.1) is 0 Å². The molecule has 2 nitrogen and oxygen atoms in total. The minimum atomic E-state index is 0.477. The Morgan fingerprint density at radius 3 is 2.43 bits per heavy atom. The number of rotatable bonds is 6. The minimum absolute atomic E-state index is 0.477. The molecular weight excluding hydrogens is 282 g/mol. The summed E-state index contributed by atoms with van der Waals surface area (Å²) < 4.78 is 5.29. The summed E-state index contributed by atoms with van der Waals surface area (Å²) in [5.41, 5.74) is 2.69. The van der Waals surface area contributed by atoms with Crippen LogP contribution >= 0.6 is 0 Å². The lowest BCUT2D eigenvalue weighted by atomic mass is 9.97. The van der Waals surface area contributed by atoms with E-state index in [2.05, 4.69) is 72.9 Å². The molecule has 2 heteroatoms. The molecule has 0 saturated heterocycles. The summed E-state index contributed by atoms with van der Waals surface area (Å²) >= 11 is 0. The highest BCUT2D eigenvalue weighted by molar-refractivity contribution is 5.84. The third-order valence-corrected chi connectivity index (χ3v) is 4.26. The first-order valence-electron chi connectivity index (χ1n) is 8.08. The van der Waals surface area contributed by atoms with E-state index < -0.39 is 0 Å². The molecule has 23 heavy (non-hydrogen) atoms. The number of fused-ring (bicyclic) bond motifs is 1. The largest absolute Gasteiger partial charge is 0.497 e. The zero-order valence-electron chi connectivity index (χ0n) is 13.8. The van der Waals surface area contributed by atoms with Crippen molar-refractivity contribution in [3.05, 3.63) is 77.9 Å². The van der Waals surface area contributed by atoms with Crippen LogP contribution in [0.5, 0.6) is 5.75 Å².